The number of benzene rings is 2. The van der Waals surface area contributed by atoms with E-state index in [-0.39, 0.29) is 18.2 Å². The van der Waals surface area contributed by atoms with Crippen LogP contribution in [0.3, 0.4) is 0 Å². The first-order chi connectivity index (χ1) is 16.4. The smallest absolute Gasteiger partial charge is 0.329 e. The van der Waals surface area contributed by atoms with Crippen LogP contribution in [0.15, 0.2) is 48.5 Å². The summed E-state index contributed by atoms with van der Waals surface area (Å²) in [4.78, 5) is 40.4. The van der Waals surface area contributed by atoms with Crippen molar-refractivity contribution in [1.82, 2.24) is 4.90 Å². The number of carbonyl (C=O) groups excluding carboxylic acids is 2. The molecule has 6 nitrogen and oxygen atoms in total. The summed E-state index contributed by atoms with van der Waals surface area (Å²) in [5.41, 5.74) is 0.916. The first-order valence-corrected chi connectivity index (χ1v) is 12.4. The Bertz CT molecular complexity index is 1080. The molecule has 0 bridgehead atoms. The van der Waals surface area contributed by atoms with Crippen LogP contribution < -0.4 is 0 Å². The second kappa shape index (κ2) is 11.0. The standard InChI is InChI=1S/C27H31Cl2NO5/c1-5-22(26(34)35-27(2,3)4)30-24(16-9-11-19(28)12-10-16)21(17-7-6-8-20(29)13-17)14-18(25(30)33)15-23(31)32/h6-13,18,21-22,24H,5,14-15H2,1-4H3,(H,31,32)/t18-,21?,22+,24-/m1/s1. The van der Waals surface area contributed by atoms with Crippen molar-refractivity contribution in [2.75, 3.05) is 0 Å². The van der Waals surface area contributed by atoms with Gasteiger partial charge in [0.15, 0.2) is 0 Å². The van der Waals surface area contributed by atoms with Gasteiger partial charge in [-0.25, -0.2) is 4.79 Å². The van der Waals surface area contributed by atoms with Gasteiger partial charge in [0.1, 0.15) is 11.6 Å². The first-order valence-electron chi connectivity index (χ1n) is 11.7. The largest absolute Gasteiger partial charge is 0.481 e. The zero-order chi connectivity index (χ0) is 25.9. The lowest BCUT2D eigenvalue weighted by Gasteiger charge is -2.47. The highest BCUT2D eigenvalue weighted by molar-refractivity contribution is 6.30. The molecule has 8 heteroatoms. The Kier molecular flexibility index (Phi) is 8.50. The number of rotatable bonds is 7. The lowest BCUT2D eigenvalue weighted by molar-refractivity contribution is -0.171. The fraction of sp³-hybridized carbons (Fsp3) is 0.444. The molecule has 1 saturated heterocycles. The Morgan fingerprint density at radius 2 is 1.74 bits per heavy atom. The zero-order valence-electron chi connectivity index (χ0n) is 20.3. The summed E-state index contributed by atoms with van der Waals surface area (Å²) in [5, 5.41) is 10.6. The predicted octanol–water partition coefficient (Wildman–Crippen LogP) is 6.26. The fourth-order valence-corrected chi connectivity index (χ4v) is 5.09. The van der Waals surface area contributed by atoms with Gasteiger partial charge in [-0.15, -0.1) is 0 Å². The number of likely N-dealkylation sites (tertiary alicyclic amines) is 1. The van der Waals surface area contributed by atoms with Crippen LogP contribution in [-0.4, -0.2) is 39.5 Å². The van der Waals surface area contributed by atoms with Crippen molar-refractivity contribution >= 4 is 41.0 Å². The Morgan fingerprint density at radius 3 is 2.29 bits per heavy atom. The minimum Gasteiger partial charge on any atom is -0.481 e. The maximum absolute atomic E-state index is 13.8. The van der Waals surface area contributed by atoms with Crippen LogP contribution in [0.1, 0.15) is 70.0 Å². The molecule has 35 heavy (non-hydrogen) atoms. The van der Waals surface area contributed by atoms with Gasteiger partial charge in [0.05, 0.1) is 12.5 Å². The van der Waals surface area contributed by atoms with Crippen molar-refractivity contribution in [3.63, 3.8) is 0 Å². The van der Waals surface area contributed by atoms with Crippen molar-refractivity contribution in [2.24, 2.45) is 5.92 Å². The minimum atomic E-state index is -1.07. The lowest BCUT2D eigenvalue weighted by Crippen LogP contribution is -2.55. The summed E-state index contributed by atoms with van der Waals surface area (Å²) in [6.45, 7) is 7.13. The molecule has 1 aliphatic heterocycles. The monoisotopic (exact) mass is 519 g/mol. The maximum atomic E-state index is 13.8. The van der Waals surface area contributed by atoms with Crippen LogP contribution in [0.2, 0.25) is 10.0 Å². The summed E-state index contributed by atoms with van der Waals surface area (Å²) in [7, 11) is 0. The van der Waals surface area contributed by atoms with Gasteiger partial charge in [-0.05, 0) is 69.0 Å². The molecule has 3 rings (SSSR count). The highest BCUT2D eigenvalue weighted by Gasteiger charge is 2.48. The third-order valence-electron chi connectivity index (χ3n) is 6.13. The Hall–Kier alpha value is -2.57. The van der Waals surface area contributed by atoms with Crippen LogP contribution in [0, 0.1) is 5.92 Å². The van der Waals surface area contributed by atoms with Crippen LogP contribution in [0.25, 0.3) is 0 Å². The molecule has 1 fully saturated rings. The highest BCUT2D eigenvalue weighted by atomic mass is 35.5. The van der Waals surface area contributed by atoms with Crippen LogP contribution in [-0.2, 0) is 19.1 Å². The van der Waals surface area contributed by atoms with Crippen LogP contribution >= 0.6 is 23.2 Å². The predicted molar refractivity (Wildman–Crippen MR) is 136 cm³/mol. The van der Waals surface area contributed by atoms with Crippen LogP contribution in [0.5, 0.6) is 0 Å². The number of ether oxygens (including phenoxy) is 1. The zero-order valence-corrected chi connectivity index (χ0v) is 21.8. The van der Waals surface area contributed by atoms with E-state index >= 15 is 0 Å². The van der Waals surface area contributed by atoms with E-state index < -0.39 is 35.5 Å². The first kappa shape index (κ1) is 27.0. The third-order valence-corrected chi connectivity index (χ3v) is 6.62. The summed E-state index contributed by atoms with van der Waals surface area (Å²) >= 11 is 12.5. The van der Waals surface area contributed by atoms with Gasteiger partial charge in [-0.2, -0.15) is 0 Å². The summed E-state index contributed by atoms with van der Waals surface area (Å²) < 4.78 is 5.68. The number of halogens is 2. The van der Waals surface area contributed by atoms with Crippen LogP contribution in [0.4, 0.5) is 0 Å². The SMILES string of the molecule is CC[C@@H](C(=O)OC(C)(C)C)N1C(=O)[C@@H](CC(=O)O)CC(c2cccc(Cl)c2)[C@H]1c1ccc(Cl)cc1. The van der Waals surface area contributed by atoms with E-state index in [9.17, 15) is 19.5 Å². The van der Waals surface area contributed by atoms with Crippen molar-refractivity contribution in [2.45, 2.75) is 70.6 Å². The average Bonchev–Trinajstić information content (AvgIpc) is 2.75. The molecular formula is C27H31Cl2NO5. The second-order valence-corrected chi connectivity index (χ2v) is 10.8. The number of nitrogens with zero attached hydrogens (tertiary/aromatic N) is 1. The Balaban J connectivity index is 2.20. The lowest BCUT2D eigenvalue weighted by atomic mass is 9.74. The topological polar surface area (TPSA) is 83.9 Å². The molecule has 1 N–H and O–H groups in total. The average molecular weight is 520 g/mol. The van der Waals surface area contributed by atoms with E-state index in [0.29, 0.717) is 22.9 Å². The molecule has 4 atom stereocenters. The quantitative estimate of drug-likeness (QED) is 0.436. The number of carboxylic acid groups (broad SMARTS) is 1. The summed E-state index contributed by atoms with van der Waals surface area (Å²) in [5.74, 6) is -3.05. The number of aliphatic carboxylic acids is 1. The van der Waals surface area contributed by atoms with Gasteiger partial charge in [0.25, 0.3) is 0 Å². The van der Waals surface area contributed by atoms with E-state index in [1.807, 2.05) is 37.3 Å². The Morgan fingerprint density at radius 1 is 1.09 bits per heavy atom. The van der Waals surface area contributed by atoms with E-state index in [0.717, 1.165) is 11.1 Å². The summed E-state index contributed by atoms with van der Waals surface area (Å²) in [6.07, 6.45) is 0.289. The molecule has 1 unspecified atom stereocenters. The molecule has 1 amide bonds. The molecule has 1 heterocycles. The van der Waals surface area contributed by atoms with Gasteiger partial charge in [0.2, 0.25) is 5.91 Å². The summed E-state index contributed by atoms with van der Waals surface area (Å²) in [6, 6.07) is 13.1. The molecular weight excluding hydrogens is 489 g/mol. The molecule has 2 aromatic rings. The minimum absolute atomic E-state index is 0.298. The van der Waals surface area contributed by atoms with E-state index in [4.69, 9.17) is 27.9 Å². The van der Waals surface area contributed by atoms with Crippen molar-refractivity contribution in [3.05, 3.63) is 69.7 Å². The number of carboxylic acids is 1. The third kappa shape index (κ3) is 6.56. The fourth-order valence-electron chi connectivity index (χ4n) is 4.76. The van der Waals surface area contributed by atoms with Crippen molar-refractivity contribution in [3.8, 4) is 0 Å². The molecule has 0 spiro atoms. The molecule has 0 saturated carbocycles. The number of carbonyl (C=O) groups is 3. The van der Waals surface area contributed by atoms with Gasteiger partial charge >= 0.3 is 11.9 Å². The number of hydrogen-bond donors (Lipinski definition) is 1. The van der Waals surface area contributed by atoms with Gasteiger partial charge in [-0.1, -0.05) is 54.4 Å². The maximum Gasteiger partial charge on any atom is 0.329 e. The molecule has 0 radical (unpaired) electrons. The van der Waals surface area contributed by atoms with E-state index in [1.165, 1.54) is 0 Å². The molecule has 2 aromatic carbocycles. The van der Waals surface area contributed by atoms with Gasteiger partial charge in [-0.3, -0.25) is 9.59 Å². The van der Waals surface area contributed by atoms with E-state index in [2.05, 4.69) is 0 Å². The Labute approximate surface area is 216 Å². The molecule has 0 aliphatic carbocycles. The molecule has 0 aromatic heterocycles. The number of amides is 1. The van der Waals surface area contributed by atoms with Crippen molar-refractivity contribution < 1.29 is 24.2 Å². The van der Waals surface area contributed by atoms with Gasteiger partial charge < -0.3 is 14.7 Å². The normalized spacial score (nSPS) is 21.5. The molecule has 1 aliphatic rings. The second-order valence-electron chi connectivity index (χ2n) is 9.89. The highest BCUT2D eigenvalue weighted by Crippen LogP contribution is 2.47. The van der Waals surface area contributed by atoms with Gasteiger partial charge in [0, 0.05) is 21.9 Å². The number of hydrogen-bond acceptors (Lipinski definition) is 4. The number of piperidine rings is 1. The molecule has 188 valence electrons. The van der Waals surface area contributed by atoms with E-state index in [1.54, 1.807) is 43.9 Å². The number of esters is 1. The van der Waals surface area contributed by atoms with Crippen molar-refractivity contribution in [1.29, 1.82) is 0 Å².